The van der Waals surface area contributed by atoms with Crippen molar-refractivity contribution in [3.8, 4) is 0 Å². The zero-order valence-electron chi connectivity index (χ0n) is 12.7. The lowest BCUT2D eigenvalue weighted by Gasteiger charge is -2.16. The molecule has 116 valence electrons. The molecule has 0 amide bonds. The van der Waals surface area contributed by atoms with Crippen molar-refractivity contribution in [2.75, 3.05) is 19.8 Å². The Morgan fingerprint density at radius 2 is 1.79 bits per heavy atom. The number of hydrogen-bond donors (Lipinski definition) is 1. The Morgan fingerprint density at radius 3 is 2.26 bits per heavy atom. The molecule has 0 heterocycles. The Morgan fingerprint density at radius 1 is 1.16 bits per heavy atom. The SMILES string of the molecule is CC(C)C[C@H](CN)CC(=O)OCCCOC(C)C.Cl. The molecule has 0 saturated heterocycles. The van der Waals surface area contributed by atoms with E-state index in [2.05, 4.69) is 13.8 Å². The zero-order chi connectivity index (χ0) is 14.0. The maximum absolute atomic E-state index is 11.6. The van der Waals surface area contributed by atoms with Crippen molar-refractivity contribution in [3.63, 3.8) is 0 Å². The highest BCUT2D eigenvalue weighted by molar-refractivity contribution is 5.85. The highest BCUT2D eigenvalue weighted by Crippen LogP contribution is 2.14. The van der Waals surface area contributed by atoms with E-state index in [9.17, 15) is 4.79 Å². The fourth-order valence-electron chi connectivity index (χ4n) is 1.79. The average molecular weight is 296 g/mol. The van der Waals surface area contributed by atoms with Crippen LogP contribution >= 0.6 is 12.4 Å². The summed E-state index contributed by atoms with van der Waals surface area (Å²) in [6, 6.07) is 0. The lowest BCUT2D eigenvalue weighted by atomic mass is 9.94. The maximum Gasteiger partial charge on any atom is 0.306 e. The van der Waals surface area contributed by atoms with E-state index in [0.717, 1.165) is 12.8 Å². The summed E-state index contributed by atoms with van der Waals surface area (Å²) < 4.78 is 10.5. The van der Waals surface area contributed by atoms with E-state index in [1.807, 2.05) is 13.8 Å². The minimum atomic E-state index is -0.143. The molecule has 5 heteroatoms. The molecular weight excluding hydrogens is 266 g/mol. The Kier molecular flexibility index (Phi) is 14.0. The third kappa shape index (κ3) is 13.9. The van der Waals surface area contributed by atoms with Crippen LogP contribution in [0, 0.1) is 11.8 Å². The van der Waals surface area contributed by atoms with Gasteiger partial charge in [0.15, 0.2) is 0 Å². The fourth-order valence-corrected chi connectivity index (χ4v) is 1.79. The Bertz CT molecular complexity index is 223. The van der Waals surface area contributed by atoms with Crippen molar-refractivity contribution in [1.82, 2.24) is 0 Å². The molecule has 4 nitrogen and oxygen atoms in total. The van der Waals surface area contributed by atoms with E-state index in [4.69, 9.17) is 15.2 Å². The first-order chi connectivity index (χ1) is 8.45. The number of carbonyl (C=O) groups excluding carboxylic acids is 1. The average Bonchev–Trinajstić information content (AvgIpc) is 2.26. The summed E-state index contributed by atoms with van der Waals surface area (Å²) in [5.41, 5.74) is 5.65. The third-order valence-electron chi connectivity index (χ3n) is 2.60. The van der Waals surface area contributed by atoms with Gasteiger partial charge >= 0.3 is 5.97 Å². The van der Waals surface area contributed by atoms with Gasteiger partial charge in [-0.1, -0.05) is 13.8 Å². The van der Waals surface area contributed by atoms with Gasteiger partial charge in [-0.2, -0.15) is 0 Å². The summed E-state index contributed by atoms with van der Waals surface area (Å²) in [6.45, 7) is 9.87. The largest absolute Gasteiger partial charge is 0.466 e. The molecule has 0 radical (unpaired) electrons. The van der Waals surface area contributed by atoms with Crippen molar-refractivity contribution in [2.24, 2.45) is 17.6 Å². The summed E-state index contributed by atoms with van der Waals surface area (Å²) in [6.07, 6.45) is 2.39. The second kappa shape index (κ2) is 12.7. The van der Waals surface area contributed by atoms with Crippen LogP contribution in [0.2, 0.25) is 0 Å². The molecule has 0 bridgehead atoms. The number of rotatable bonds is 10. The lowest BCUT2D eigenvalue weighted by molar-refractivity contribution is -0.145. The first kappa shape index (κ1) is 21.0. The molecule has 1 atom stereocenters. The van der Waals surface area contributed by atoms with Crippen LogP contribution in [0.25, 0.3) is 0 Å². The van der Waals surface area contributed by atoms with E-state index in [-0.39, 0.29) is 30.4 Å². The number of esters is 1. The van der Waals surface area contributed by atoms with Gasteiger partial charge in [-0.15, -0.1) is 12.4 Å². The molecule has 0 rings (SSSR count). The first-order valence-electron chi connectivity index (χ1n) is 6.93. The Balaban J connectivity index is 0. The van der Waals surface area contributed by atoms with E-state index < -0.39 is 0 Å². The second-order valence-corrected chi connectivity index (χ2v) is 5.43. The molecular formula is C14H30ClNO3. The van der Waals surface area contributed by atoms with Gasteiger partial charge < -0.3 is 15.2 Å². The van der Waals surface area contributed by atoms with Crippen LogP contribution in [0.15, 0.2) is 0 Å². The summed E-state index contributed by atoms with van der Waals surface area (Å²) in [4.78, 5) is 11.6. The van der Waals surface area contributed by atoms with Crippen LogP contribution < -0.4 is 5.73 Å². The molecule has 0 spiro atoms. The molecule has 0 aromatic heterocycles. The van der Waals surface area contributed by atoms with Crippen LogP contribution in [0.1, 0.15) is 47.0 Å². The highest BCUT2D eigenvalue weighted by atomic mass is 35.5. The number of ether oxygens (including phenoxy) is 2. The van der Waals surface area contributed by atoms with Crippen LogP contribution in [0.5, 0.6) is 0 Å². The molecule has 0 aliphatic rings. The zero-order valence-corrected chi connectivity index (χ0v) is 13.5. The van der Waals surface area contributed by atoms with E-state index >= 15 is 0 Å². The minimum absolute atomic E-state index is 0. The topological polar surface area (TPSA) is 61.6 Å². The number of halogens is 1. The second-order valence-electron chi connectivity index (χ2n) is 5.43. The van der Waals surface area contributed by atoms with Crippen LogP contribution in [0.4, 0.5) is 0 Å². The van der Waals surface area contributed by atoms with Gasteiger partial charge in [0.2, 0.25) is 0 Å². The number of nitrogens with two attached hydrogens (primary N) is 1. The lowest BCUT2D eigenvalue weighted by Crippen LogP contribution is -2.21. The smallest absolute Gasteiger partial charge is 0.306 e. The van der Waals surface area contributed by atoms with E-state index in [1.165, 1.54) is 0 Å². The molecule has 0 aliphatic heterocycles. The highest BCUT2D eigenvalue weighted by Gasteiger charge is 2.14. The molecule has 0 aromatic rings. The predicted octanol–water partition coefficient (Wildman–Crippen LogP) is 2.78. The molecule has 19 heavy (non-hydrogen) atoms. The van der Waals surface area contributed by atoms with Gasteiger partial charge in [0.25, 0.3) is 0 Å². The monoisotopic (exact) mass is 295 g/mol. The summed E-state index contributed by atoms with van der Waals surface area (Å²) >= 11 is 0. The van der Waals surface area contributed by atoms with Gasteiger partial charge in [-0.05, 0) is 38.6 Å². The number of hydrogen-bond acceptors (Lipinski definition) is 4. The summed E-state index contributed by atoms with van der Waals surface area (Å²) in [5, 5.41) is 0. The minimum Gasteiger partial charge on any atom is -0.466 e. The standard InChI is InChI=1S/C14H29NO3.ClH/c1-11(2)8-13(10-15)9-14(16)18-7-5-6-17-12(3)4;/h11-13H,5-10,15H2,1-4H3;1H/t13-;/m0./s1. The van der Waals surface area contributed by atoms with Gasteiger partial charge in [-0.25, -0.2) is 0 Å². The van der Waals surface area contributed by atoms with E-state index in [1.54, 1.807) is 0 Å². The van der Waals surface area contributed by atoms with Crippen molar-refractivity contribution >= 4 is 18.4 Å². The summed E-state index contributed by atoms with van der Waals surface area (Å²) in [5.74, 6) is 0.658. The Hall–Kier alpha value is -0.320. The van der Waals surface area contributed by atoms with Crippen molar-refractivity contribution in [2.45, 2.75) is 53.1 Å². The Labute approximate surface area is 123 Å². The van der Waals surface area contributed by atoms with Gasteiger partial charge in [0.1, 0.15) is 0 Å². The molecule has 0 fully saturated rings. The van der Waals surface area contributed by atoms with Crippen molar-refractivity contribution < 1.29 is 14.3 Å². The van der Waals surface area contributed by atoms with Crippen LogP contribution in [-0.4, -0.2) is 31.8 Å². The van der Waals surface area contributed by atoms with Gasteiger partial charge in [0.05, 0.1) is 19.3 Å². The quantitative estimate of drug-likeness (QED) is 0.497. The van der Waals surface area contributed by atoms with Crippen LogP contribution in [0.3, 0.4) is 0 Å². The van der Waals surface area contributed by atoms with Crippen molar-refractivity contribution in [3.05, 3.63) is 0 Å². The molecule has 0 unspecified atom stereocenters. The van der Waals surface area contributed by atoms with Gasteiger partial charge in [-0.3, -0.25) is 4.79 Å². The van der Waals surface area contributed by atoms with Crippen molar-refractivity contribution in [1.29, 1.82) is 0 Å². The fraction of sp³-hybridized carbons (Fsp3) is 0.929. The van der Waals surface area contributed by atoms with Gasteiger partial charge in [0, 0.05) is 12.8 Å². The van der Waals surface area contributed by atoms with Crippen LogP contribution in [-0.2, 0) is 14.3 Å². The number of carbonyl (C=O) groups is 1. The van der Waals surface area contributed by atoms with E-state index in [0.29, 0.717) is 32.1 Å². The molecule has 0 aromatic carbocycles. The molecule has 2 N–H and O–H groups in total. The normalized spacial score (nSPS) is 12.4. The molecule has 0 aliphatic carbocycles. The molecule has 0 saturated carbocycles. The predicted molar refractivity (Wildman–Crippen MR) is 80.5 cm³/mol. The first-order valence-corrected chi connectivity index (χ1v) is 6.93. The third-order valence-corrected chi connectivity index (χ3v) is 2.60. The summed E-state index contributed by atoms with van der Waals surface area (Å²) in [7, 11) is 0. The maximum atomic E-state index is 11.6.